The Morgan fingerprint density at radius 2 is 0.985 bits per heavy atom. The second-order valence-electron chi connectivity index (χ2n) is 18.4. The van der Waals surface area contributed by atoms with E-state index in [1.165, 1.54) is 83.5 Å². The van der Waals surface area contributed by atoms with Gasteiger partial charge in [-0.05, 0) is 38.5 Å². The van der Waals surface area contributed by atoms with E-state index in [1.807, 2.05) is 0 Å². The maximum absolute atomic E-state index is 13.4. The molecule has 1 aliphatic heterocycles. The van der Waals surface area contributed by atoms with Crippen LogP contribution >= 0.6 is 7.82 Å². The van der Waals surface area contributed by atoms with Crippen LogP contribution in [-0.4, -0.2) is 151 Å². The van der Waals surface area contributed by atoms with Crippen molar-refractivity contribution in [3.8, 4) is 0 Å². The fourth-order valence-corrected chi connectivity index (χ4v) is 9.20. The number of hydrogen-bond donors (Lipinski definition) is 9. The normalized spacial score (nSPS) is 28.1. The largest absolute Gasteiger partial charge is 0.472 e. The highest BCUT2D eigenvalue weighted by Crippen LogP contribution is 2.48. The van der Waals surface area contributed by atoms with Gasteiger partial charge in [0, 0.05) is 12.8 Å². The minimum Gasteiger partial charge on any atom is -0.462 e. The molecular weight excluding hydrogens is 895 g/mol. The lowest BCUT2D eigenvalue weighted by Crippen LogP contribution is -2.67. The van der Waals surface area contributed by atoms with Crippen LogP contribution in [0.2, 0.25) is 0 Å². The SMILES string of the molecule is CCCCCC/C=C\CCCCCCCC(=O)O[C@H](COC(=O)CCCCCCCCCCCCCCCC)COP(=O)(O)O[C@@H]1C(O)C(O)[C@@H](O)C(O)[C@H]1O[C@H]1OC(CO)[C@@H](O)C(O)[C@H]1O. The fourth-order valence-electron chi connectivity index (χ4n) is 8.23. The Morgan fingerprint density at radius 1 is 0.552 bits per heavy atom. The topological polar surface area (TPSA) is 289 Å². The van der Waals surface area contributed by atoms with Crippen LogP contribution in [0.25, 0.3) is 0 Å². The number of carbonyl (C=O) groups excluding carboxylic acids is 2. The van der Waals surface area contributed by atoms with E-state index in [2.05, 4.69) is 26.0 Å². The number of phosphoric ester groups is 1. The van der Waals surface area contributed by atoms with Crippen molar-refractivity contribution in [3.63, 3.8) is 0 Å². The van der Waals surface area contributed by atoms with Gasteiger partial charge in [0.1, 0.15) is 67.6 Å². The Kier molecular flexibility index (Phi) is 33.4. The third-order valence-corrected chi connectivity index (χ3v) is 13.5. The molecule has 0 amide bonds. The maximum Gasteiger partial charge on any atom is 0.472 e. The summed E-state index contributed by atoms with van der Waals surface area (Å²) in [5.41, 5.74) is 0. The van der Waals surface area contributed by atoms with Crippen molar-refractivity contribution in [1.29, 1.82) is 0 Å². The molecule has 394 valence electrons. The monoisotopic (exact) mass is 985 g/mol. The summed E-state index contributed by atoms with van der Waals surface area (Å²) in [5.74, 6) is -1.22. The van der Waals surface area contributed by atoms with Crippen molar-refractivity contribution in [3.05, 3.63) is 12.2 Å². The number of carbonyl (C=O) groups is 2. The van der Waals surface area contributed by atoms with Crippen LogP contribution in [0.3, 0.4) is 0 Å². The van der Waals surface area contributed by atoms with Gasteiger partial charge in [-0.1, -0.05) is 148 Å². The molecule has 19 heteroatoms. The van der Waals surface area contributed by atoms with Crippen molar-refractivity contribution < 1.29 is 87.9 Å². The van der Waals surface area contributed by atoms with Crippen molar-refractivity contribution >= 4 is 19.8 Å². The fraction of sp³-hybridized carbons (Fsp3) is 0.917. The summed E-state index contributed by atoms with van der Waals surface area (Å²) >= 11 is 0. The molecule has 0 aromatic rings. The van der Waals surface area contributed by atoms with Gasteiger partial charge in [-0.3, -0.25) is 18.6 Å². The first-order valence-corrected chi connectivity index (χ1v) is 27.0. The number of hydrogen-bond acceptors (Lipinski definition) is 17. The molecule has 2 fully saturated rings. The van der Waals surface area contributed by atoms with E-state index >= 15 is 0 Å². The van der Waals surface area contributed by atoms with Gasteiger partial charge in [0.15, 0.2) is 12.4 Å². The molecule has 0 bridgehead atoms. The first-order valence-electron chi connectivity index (χ1n) is 25.5. The summed E-state index contributed by atoms with van der Waals surface area (Å²) in [5, 5.41) is 82.9. The van der Waals surface area contributed by atoms with E-state index in [0.717, 1.165) is 64.2 Å². The molecule has 2 aliphatic rings. The lowest BCUT2D eigenvalue weighted by molar-refractivity contribution is -0.338. The van der Waals surface area contributed by atoms with Crippen molar-refractivity contribution in [2.75, 3.05) is 19.8 Å². The number of esters is 2. The maximum atomic E-state index is 13.4. The minimum atomic E-state index is -5.37. The number of aliphatic hydroxyl groups is 8. The van der Waals surface area contributed by atoms with Crippen LogP contribution in [0.4, 0.5) is 0 Å². The summed E-state index contributed by atoms with van der Waals surface area (Å²) in [6, 6.07) is 0. The van der Waals surface area contributed by atoms with Crippen molar-refractivity contribution in [2.45, 2.75) is 261 Å². The first kappa shape index (κ1) is 61.5. The lowest BCUT2D eigenvalue weighted by Gasteiger charge is -2.47. The molecule has 0 aromatic carbocycles. The summed E-state index contributed by atoms with van der Waals surface area (Å²) in [6.45, 7) is 2.21. The summed E-state index contributed by atoms with van der Waals surface area (Å²) < 4.78 is 45.4. The van der Waals surface area contributed by atoms with Crippen LogP contribution in [0.1, 0.15) is 187 Å². The van der Waals surface area contributed by atoms with Crippen LogP contribution in [0, 0.1) is 0 Å². The van der Waals surface area contributed by atoms with Gasteiger partial charge in [-0.2, -0.15) is 0 Å². The molecule has 0 spiro atoms. The number of unbranched alkanes of at least 4 members (excludes halogenated alkanes) is 22. The van der Waals surface area contributed by atoms with Gasteiger partial charge in [-0.15, -0.1) is 0 Å². The molecule has 6 unspecified atom stereocenters. The van der Waals surface area contributed by atoms with Gasteiger partial charge in [0.2, 0.25) is 0 Å². The molecule has 1 saturated heterocycles. The van der Waals surface area contributed by atoms with Crippen LogP contribution < -0.4 is 0 Å². The van der Waals surface area contributed by atoms with Gasteiger partial charge >= 0.3 is 19.8 Å². The summed E-state index contributed by atoms with van der Waals surface area (Å²) in [7, 11) is -5.37. The number of allylic oxidation sites excluding steroid dienone is 2. The van der Waals surface area contributed by atoms with Gasteiger partial charge in [0.05, 0.1) is 13.2 Å². The molecule has 9 N–H and O–H groups in total. The van der Waals surface area contributed by atoms with Gasteiger partial charge in [-0.25, -0.2) is 4.57 Å². The highest BCUT2D eigenvalue weighted by molar-refractivity contribution is 7.47. The average Bonchev–Trinajstić information content (AvgIpc) is 3.31. The predicted octanol–water partition coefficient (Wildman–Crippen LogP) is 5.71. The van der Waals surface area contributed by atoms with E-state index in [-0.39, 0.29) is 12.8 Å². The highest BCUT2D eigenvalue weighted by atomic mass is 31.2. The van der Waals surface area contributed by atoms with E-state index in [9.17, 15) is 59.9 Å². The van der Waals surface area contributed by atoms with Gasteiger partial charge in [0.25, 0.3) is 0 Å². The highest BCUT2D eigenvalue weighted by Gasteiger charge is 2.55. The molecule has 1 saturated carbocycles. The number of rotatable bonds is 39. The zero-order valence-corrected chi connectivity index (χ0v) is 41.3. The third-order valence-electron chi connectivity index (χ3n) is 12.5. The Bertz CT molecular complexity index is 1360. The molecule has 2 rings (SSSR count). The smallest absolute Gasteiger partial charge is 0.462 e. The Hall–Kier alpha value is -1.61. The average molecular weight is 985 g/mol. The van der Waals surface area contributed by atoms with Crippen LogP contribution in [-0.2, 0) is 42.1 Å². The van der Waals surface area contributed by atoms with Crippen LogP contribution in [0.15, 0.2) is 12.2 Å². The Morgan fingerprint density at radius 3 is 1.49 bits per heavy atom. The molecular formula is C48H89O18P. The van der Waals surface area contributed by atoms with E-state index in [4.69, 9.17) is 28.0 Å². The molecule has 67 heavy (non-hydrogen) atoms. The zero-order valence-electron chi connectivity index (χ0n) is 40.4. The lowest BCUT2D eigenvalue weighted by atomic mass is 9.84. The number of aliphatic hydroxyl groups excluding tert-OH is 8. The second-order valence-corrected chi connectivity index (χ2v) is 19.8. The predicted molar refractivity (Wildman–Crippen MR) is 249 cm³/mol. The van der Waals surface area contributed by atoms with E-state index < -0.39 is 113 Å². The number of phosphoric acid groups is 1. The van der Waals surface area contributed by atoms with E-state index in [1.54, 1.807) is 0 Å². The summed E-state index contributed by atoms with van der Waals surface area (Å²) in [6.07, 6.45) is 8.68. The zero-order chi connectivity index (χ0) is 49.5. The molecule has 0 aromatic heterocycles. The molecule has 1 aliphatic carbocycles. The Labute approximate surface area is 399 Å². The van der Waals surface area contributed by atoms with Gasteiger partial charge < -0.3 is 64.7 Å². The number of ether oxygens (including phenoxy) is 4. The quantitative estimate of drug-likeness (QED) is 0.0154. The Balaban J connectivity index is 1.95. The molecule has 0 radical (unpaired) electrons. The first-order chi connectivity index (χ1) is 32.2. The standard InChI is InChI=1S/C48H89O18P/c1-3-5-7-9-11-13-15-17-19-20-22-24-26-28-30-37(50)61-33-35(63-38(51)31-29-27-25-23-21-18-16-14-12-10-8-6-4-2)34-62-67(59,60)66-47-44(57)42(55)41(54)43(56)46(47)65-48-45(58)40(53)39(52)36(32-49)64-48/h14,16,35-36,39-49,52-58H,3-13,15,17-34H2,1-2H3,(H,59,60)/b16-14-/t35-,36?,39-,40?,41-,42?,43?,44?,45-,46-,47-,48-/m1/s1. The second kappa shape index (κ2) is 36.3. The molecule has 1 heterocycles. The van der Waals surface area contributed by atoms with Crippen molar-refractivity contribution in [1.82, 2.24) is 0 Å². The molecule has 13 atom stereocenters. The molecule has 18 nitrogen and oxygen atoms in total. The third kappa shape index (κ3) is 25.4. The summed E-state index contributed by atoms with van der Waals surface area (Å²) in [4.78, 5) is 36.5. The minimum absolute atomic E-state index is 0.0256. The van der Waals surface area contributed by atoms with Crippen LogP contribution in [0.5, 0.6) is 0 Å². The van der Waals surface area contributed by atoms with E-state index in [0.29, 0.717) is 12.8 Å². The van der Waals surface area contributed by atoms with Crippen molar-refractivity contribution in [2.24, 2.45) is 0 Å².